The van der Waals surface area contributed by atoms with Gasteiger partial charge in [-0.05, 0) is 62.7 Å². The number of carboxylic acids is 1. The number of carbonyl (C=O) groups excluding carboxylic acids is 2. The molecule has 3 N–H and O–H groups in total. The lowest BCUT2D eigenvalue weighted by atomic mass is 9.95. The highest BCUT2D eigenvalue weighted by Crippen LogP contribution is 2.44. The smallest absolute Gasteiger partial charge is 0.407 e. The molecule has 0 fully saturated rings. The summed E-state index contributed by atoms with van der Waals surface area (Å²) >= 11 is 0. The zero-order chi connectivity index (χ0) is 25.6. The SMILES string of the molecule is CCCC(C)(NC(=O)C(CCN(C)C)NC(=O)OCC1c2ccccc2-c2ccccc21)C(=O)O. The molecule has 0 aromatic heterocycles. The number of alkyl carbamates (subject to hydrolysis) is 1. The molecule has 3 rings (SSSR count). The molecule has 0 spiro atoms. The van der Waals surface area contributed by atoms with Crippen LogP contribution in [0.15, 0.2) is 48.5 Å². The first-order valence-corrected chi connectivity index (χ1v) is 12.0. The van der Waals surface area contributed by atoms with Gasteiger partial charge >= 0.3 is 12.1 Å². The van der Waals surface area contributed by atoms with Gasteiger partial charge in [0.05, 0.1) is 0 Å². The Morgan fingerprint density at radius 1 is 1.06 bits per heavy atom. The third kappa shape index (κ3) is 6.19. The van der Waals surface area contributed by atoms with Crippen LogP contribution in [0.25, 0.3) is 11.1 Å². The molecule has 0 aliphatic heterocycles. The van der Waals surface area contributed by atoms with E-state index in [1.54, 1.807) is 0 Å². The quantitative estimate of drug-likeness (QED) is 0.453. The van der Waals surface area contributed by atoms with Crippen molar-refractivity contribution in [1.29, 1.82) is 0 Å². The van der Waals surface area contributed by atoms with Crippen molar-refractivity contribution in [1.82, 2.24) is 15.5 Å². The van der Waals surface area contributed by atoms with Crippen LogP contribution in [-0.2, 0) is 14.3 Å². The molecule has 1 aliphatic rings. The van der Waals surface area contributed by atoms with Crippen LogP contribution in [0, 0.1) is 0 Å². The highest BCUT2D eigenvalue weighted by Gasteiger charge is 2.36. The van der Waals surface area contributed by atoms with Crippen molar-refractivity contribution >= 4 is 18.0 Å². The summed E-state index contributed by atoms with van der Waals surface area (Å²) in [5.41, 5.74) is 3.04. The van der Waals surface area contributed by atoms with Crippen LogP contribution in [0.4, 0.5) is 4.79 Å². The van der Waals surface area contributed by atoms with Crippen LogP contribution < -0.4 is 10.6 Å². The van der Waals surface area contributed by atoms with E-state index >= 15 is 0 Å². The molecule has 2 atom stereocenters. The first-order chi connectivity index (χ1) is 16.7. The molecule has 2 amide bonds. The molecule has 2 unspecified atom stereocenters. The number of benzene rings is 2. The van der Waals surface area contributed by atoms with Gasteiger partial charge in [0.2, 0.25) is 5.91 Å². The largest absolute Gasteiger partial charge is 0.480 e. The Morgan fingerprint density at radius 3 is 2.14 bits per heavy atom. The van der Waals surface area contributed by atoms with Gasteiger partial charge in [-0.2, -0.15) is 0 Å². The molecule has 1 aliphatic carbocycles. The summed E-state index contributed by atoms with van der Waals surface area (Å²) in [4.78, 5) is 39.4. The molecule has 0 heterocycles. The Balaban J connectivity index is 1.69. The average Bonchev–Trinajstić information content (AvgIpc) is 3.14. The lowest BCUT2D eigenvalue weighted by Crippen LogP contribution is -2.58. The van der Waals surface area contributed by atoms with Gasteiger partial charge in [0, 0.05) is 5.92 Å². The van der Waals surface area contributed by atoms with Crippen molar-refractivity contribution in [2.75, 3.05) is 27.2 Å². The van der Waals surface area contributed by atoms with E-state index in [4.69, 9.17) is 4.74 Å². The number of ether oxygens (including phenoxy) is 1. The predicted octanol–water partition coefficient (Wildman–Crippen LogP) is 3.61. The van der Waals surface area contributed by atoms with E-state index in [9.17, 15) is 19.5 Å². The fourth-order valence-electron chi connectivity index (χ4n) is 4.52. The van der Waals surface area contributed by atoms with Crippen LogP contribution in [-0.4, -0.2) is 66.8 Å². The summed E-state index contributed by atoms with van der Waals surface area (Å²) in [7, 11) is 3.72. The van der Waals surface area contributed by atoms with Gasteiger partial charge in [-0.1, -0.05) is 61.9 Å². The van der Waals surface area contributed by atoms with Crippen LogP contribution in [0.1, 0.15) is 50.2 Å². The molecule has 35 heavy (non-hydrogen) atoms. The van der Waals surface area contributed by atoms with Crippen molar-refractivity contribution < 1.29 is 24.2 Å². The third-order valence-corrected chi connectivity index (χ3v) is 6.44. The second-order valence-corrected chi connectivity index (χ2v) is 9.49. The average molecular weight is 482 g/mol. The van der Waals surface area contributed by atoms with Crippen LogP contribution in [0.2, 0.25) is 0 Å². The molecule has 188 valence electrons. The molecule has 8 heteroatoms. The molecule has 0 saturated heterocycles. The Hall–Kier alpha value is -3.39. The Morgan fingerprint density at radius 2 is 1.63 bits per heavy atom. The van der Waals surface area contributed by atoms with E-state index in [0.717, 1.165) is 22.3 Å². The minimum atomic E-state index is -1.41. The number of nitrogens with zero attached hydrogens (tertiary/aromatic N) is 1. The minimum Gasteiger partial charge on any atom is -0.480 e. The first kappa shape index (κ1) is 26.2. The van der Waals surface area contributed by atoms with Gasteiger partial charge in [-0.25, -0.2) is 9.59 Å². The van der Waals surface area contributed by atoms with Crippen LogP contribution >= 0.6 is 0 Å². The monoisotopic (exact) mass is 481 g/mol. The van der Waals surface area contributed by atoms with Crippen molar-refractivity contribution in [2.45, 2.75) is 50.6 Å². The Labute approximate surface area is 206 Å². The van der Waals surface area contributed by atoms with Gasteiger partial charge in [0.25, 0.3) is 0 Å². The third-order valence-electron chi connectivity index (χ3n) is 6.44. The van der Waals surface area contributed by atoms with E-state index < -0.39 is 29.6 Å². The maximum absolute atomic E-state index is 13.0. The molecule has 8 nitrogen and oxygen atoms in total. The number of rotatable bonds is 11. The first-order valence-electron chi connectivity index (χ1n) is 12.0. The highest BCUT2D eigenvalue weighted by atomic mass is 16.5. The molecular formula is C27H35N3O5. The topological polar surface area (TPSA) is 108 Å². The van der Waals surface area contributed by atoms with E-state index in [0.29, 0.717) is 19.4 Å². The van der Waals surface area contributed by atoms with E-state index in [2.05, 4.69) is 22.8 Å². The van der Waals surface area contributed by atoms with Crippen molar-refractivity contribution in [3.8, 4) is 11.1 Å². The zero-order valence-corrected chi connectivity index (χ0v) is 20.8. The van der Waals surface area contributed by atoms with Crippen LogP contribution in [0.3, 0.4) is 0 Å². The standard InChI is InChI=1S/C27H35N3O5/c1-5-15-27(2,25(32)33)29-24(31)23(14-16-30(3)4)28-26(34)35-17-22-20-12-8-6-10-18(20)19-11-7-9-13-21(19)22/h6-13,22-23H,5,14-17H2,1-4H3,(H,28,34)(H,29,31)(H,32,33). The summed E-state index contributed by atoms with van der Waals surface area (Å²) in [6.45, 7) is 3.99. The summed E-state index contributed by atoms with van der Waals surface area (Å²) in [6, 6.07) is 15.2. The zero-order valence-electron chi connectivity index (χ0n) is 20.8. The maximum Gasteiger partial charge on any atom is 0.407 e. The van der Waals surface area contributed by atoms with E-state index in [1.165, 1.54) is 6.92 Å². The molecule has 2 aromatic rings. The van der Waals surface area contributed by atoms with E-state index in [-0.39, 0.29) is 18.9 Å². The number of carbonyl (C=O) groups is 3. The van der Waals surface area contributed by atoms with Crippen molar-refractivity contribution in [3.63, 3.8) is 0 Å². The van der Waals surface area contributed by atoms with Crippen LogP contribution in [0.5, 0.6) is 0 Å². The van der Waals surface area contributed by atoms with Crippen molar-refractivity contribution in [3.05, 3.63) is 59.7 Å². The normalized spacial score (nSPS) is 15.0. The summed E-state index contributed by atoms with van der Waals surface area (Å²) < 4.78 is 5.59. The molecule has 0 radical (unpaired) electrons. The second kappa shape index (κ2) is 11.4. The number of fused-ring (bicyclic) bond motifs is 3. The number of carboxylic acid groups (broad SMARTS) is 1. The Kier molecular flexibility index (Phi) is 8.51. The van der Waals surface area contributed by atoms with Gasteiger partial charge in [-0.3, -0.25) is 4.79 Å². The van der Waals surface area contributed by atoms with E-state index in [1.807, 2.05) is 62.3 Å². The second-order valence-electron chi connectivity index (χ2n) is 9.49. The Bertz CT molecular complexity index is 1020. The summed E-state index contributed by atoms with van der Waals surface area (Å²) in [6.07, 6.45) is 0.466. The molecule has 0 saturated carbocycles. The number of amides is 2. The van der Waals surface area contributed by atoms with Crippen molar-refractivity contribution in [2.24, 2.45) is 0 Å². The van der Waals surface area contributed by atoms with Gasteiger partial charge in [-0.15, -0.1) is 0 Å². The predicted molar refractivity (Wildman–Crippen MR) is 134 cm³/mol. The number of aliphatic carboxylic acids is 1. The summed E-state index contributed by atoms with van der Waals surface area (Å²) in [5, 5.41) is 14.9. The molecular weight excluding hydrogens is 446 g/mol. The minimum absolute atomic E-state index is 0.0953. The molecule has 0 bridgehead atoms. The number of hydrogen-bond donors (Lipinski definition) is 3. The van der Waals surface area contributed by atoms with Gasteiger partial charge in [0.1, 0.15) is 18.2 Å². The fraction of sp³-hybridized carbons (Fsp3) is 0.444. The lowest BCUT2D eigenvalue weighted by molar-refractivity contribution is -0.147. The maximum atomic E-state index is 13.0. The lowest BCUT2D eigenvalue weighted by Gasteiger charge is -2.29. The highest BCUT2D eigenvalue weighted by molar-refractivity contribution is 5.91. The number of hydrogen-bond acceptors (Lipinski definition) is 5. The molecule has 2 aromatic carbocycles. The van der Waals surface area contributed by atoms with Gasteiger partial charge in [0.15, 0.2) is 0 Å². The summed E-state index contributed by atoms with van der Waals surface area (Å²) in [5.74, 6) is -1.75. The number of nitrogens with one attached hydrogen (secondary N) is 2. The fourth-order valence-corrected chi connectivity index (χ4v) is 4.52. The van der Waals surface area contributed by atoms with Gasteiger partial charge < -0.3 is 25.4 Å².